The highest BCUT2D eigenvalue weighted by atomic mass is 32.1. The van der Waals surface area contributed by atoms with Gasteiger partial charge in [-0.15, -0.1) is 11.3 Å². The number of fused-ring (bicyclic) bond motifs is 9. The molecule has 12 aromatic carbocycles. The van der Waals surface area contributed by atoms with Crippen molar-refractivity contribution in [2.45, 2.75) is 0 Å². The lowest BCUT2D eigenvalue weighted by Gasteiger charge is -2.26. The molecule has 1 heterocycles. The molecule has 0 unspecified atom stereocenters. The molecular formula is C64H41NS. The van der Waals surface area contributed by atoms with Gasteiger partial charge < -0.3 is 4.90 Å². The molecule has 13 aromatic rings. The second-order valence-electron chi connectivity index (χ2n) is 17.2. The largest absolute Gasteiger partial charge is 0.310 e. The molecule has 0 bridgehead atoms. The molecule has 1 nitrogen and oxygen atoms in total. The summed E-state index contributed by atoms with van der Waals surface area (Å²) in [7, 11) is 0. The maximum Gasteiger partial charge on any atom is 0.0468 e. The molecule has 66 heavy (non-hydrogen) atoms. The summed E-state index contributed by atoms with van der Waals surface area (Å²) in [4.78, 5) is 2.41. The molecule has 0 aliphatic carbocycles. The van der Waals surface area contributed by atoms with Crippen molar-refractivity contribution in [3.05, 3.63) is 249 Å². The Morgan fingerprint density at radius 1 is 0.242 bits per heavy atom. The van der Waals surface area contributed by atoms with Crippen molar-refractivity contribution >= 4 is 91.7 Å². The minimum atomic E-state index is 1.10. The number of benzene rings is 12. The van der Waals surface area contributed by atoms with Crippen molar-refractivity contribution in [1.82, 2.24) is 0 Å². The van der Waals surface area contributed by atoms with Crippen molar-refractivity contribution < 1.29 is 0 Å². The predicted octanol–water partition coefficient (Wildman–Crippen LogP) is 18.8. The van der Waals surface area contributed by atoms with E-state index in [0.29, 0.717) is 0 Å². The minimum absolute atomic E-state index is 1.10. The van der Waals surface area contributed by atoms with Gasteiger partial charge in [0.25, 0.3) is 0 Å². The van der Waals surface area contributed by atoms with Crippen LogP contribution in [0, 0.1) is 0 Å². The molecule has 0 radical (unpaired) electrons. The summed E-state index contributed by atoms with van der Waals surface area (Å²) in [5.74, 6) is 0. The zero-order valence-corrected chi connectivity index (χ0v) is 36.8. The van der Waals surface area contributed by atoms with Gasteiger partial charge in [-0.25, -0.2) is 0 Å². The van der Waals surface area contributed by atoms with Gasteiger partial charge in [-0.1, -0.05) is 188 Å². The fourth-order valence-corrected chi connectivity index (χ4v) is 11.5. The molecule has 0 saturated carbocycles. The van der Waals surface area contributed by atoms with Crippen molar-refractivity contribution in [2.24, 2.45) is 0 Å². The van der Waals surface area contributed by atoms with Crippen LogP contribution in [0.4, 0.5) is 17.1 Å². The summed E-state index contributed by atoms with van der Waals surface area (Å²) in [6.07, 6.45) is 0. The van der Waals surface area contributed by atoms with Crippen molar-refractivity contribution in [3.8, 4) is 44.5 Å². The molecule has 13 rings (SSSR count). The average Bonchev–Trinajstić information content (AvgIpc) is 3.77. The first kappa shape index (κ1) is 38.2. The highest BCUT2D eigenvalue weighted by Gasteiger charge is 2.20. The Bertz CT molecular complexity index is 3960. The highest BCUT2D eigenvalue weighted by Crippen LogP contribution is 2.47. The number of nitrogens with zero attached hydrogens (tertiary/aromatic N) is 1. The van der Waals surface area contributed by atoms with Crippen LogP contribution in [0.15, 0.2) is 249 Å². The smallest absolute Gasteiger partial charge is 0.0468 e. The first-order valence-corrected chi connectivity index (χ1v) is 23.5. The molecule has 2 heteroatoms. The third-order valence-electron chi connectivity index (χ3n) is 13.4. The lowest BCUT2D eigenvalue weighted by molar-refractivity contribution is 1.29. The molecule has 0 aliphatic heterocycles. The summed E-state index contributed by atoms with van der Waals surface area (Å²) < 4.78 is 2.60. The molecule has 1 aromatic heterocycles. The second-order valence-corrected chi connectivity index (χ2v) is 18.3. The Morgan fingerprint density at radius 2 is 0.727 bits per heavy atom. The Morgan fingerprint density at radius 3 is 1.42 bits per heavy atom. The molecule has 0 N–H and O–H groups in total. The number of hydrogen-bond donors (Lipinski definition) is 0. The highest BCUT2D eigenvalue weighted by molar-refractivity contribution is 7.25. The molecule has 0 saturated heterocycles. The second kappa shape index (κ2) is 15.7. The summed E-state index contributed by atoms with van der Waals surface area (Å²) >= 11 is 1.86. The van der Waals surface area contributed by atoms with Gasteiger partial charge in [0.1, 0.15) is 0 Å². The van der Waals surface area contributed by atoms with Gasteiger partial charge in [0.2, 0.25) is 0 Å². The maximum atomic E-state index is 2.41. The summed E-state index contributed by atoms with van der Waals surface area (Å²) in [6, 6.07) is 91.5. The fraction of sp³-hybridized carbons (Fsp3) is 0. The Hall–Kier alpha value is -8.30. The van der Waals surface area contributed by atoms with E-state index in [-0.39, 0.29) is 0 Å². The van der Waals surface area contributed by atoms with Gasteiger partial charge in [0.05, 0.1) is 0 Å². The SMILES string of the molecule is c1ccc(-c2c(-c3ccccc3)c3cc(-c4ccc(N(c5ccc(-c6cc7ccccc7c7ccccc67)cc5)c5ccc6sc7ccccc7c6c5)cc4)ccc3c3ccccc23)cc1. The molecule has 0 fully saturated rings. The van der Waals surface area contributed by atoms with E-state index in [1.165, 1.54) is 108 Å². The first-order valence-electron chi connectivity index (χ1n) is 22.7. The third kappa shape index (κ3) is 6.37. The van der Waals surface area contributed by atoms with Gasteiger partial charge in [-0.2, -0.15) is 0 Å². The summed E-state index contributed by atoms with van der Waals surface area (Å²) in [5.41, 5.74) is 13.1. The van der Waals surface area contributed by atoms with Crippen LogP contribution in [-0.4, -0.2) is 0 Å². The van der Waals surface area contributed by atoms with Crippen molar-refractivity contribution in [1.29, 1.82) is 0 Å². The maximum absolute atomic E-state index is 2.41. The van der Waals surface area contributed by atoms with Crippen LogP contribution in [0.3, 0.4) is 0 Å². The van der Waals surface area contributed by atoms with E-state index in [9.17, 15) is 0 Å². The Balaban J connectivity index is 0.954. The number of hydrogen-bond acceptors (Lipinski definition) is 2. The normalized spacial score (nSPS) is 11.6. The van der Waals surface area contributed by atoms with E-state index in [4.69, 9.17) is 0 Å². The van der Waals surface area contributed by atoms with Crippen LogP contribution in [-0.2, 0) is 0 Å². The van der Waals surface area contributed by atoms with E-state index in [2.05, 4.69) is 254 Å². The zero-order valence-electron chi connectivity index (χ0n) is 36.0. The van der Waals surface area contributed by atoms with Gasteiger partial charge in [-0.05, 0) is 148 Å². The van der Waals surface area contributed by atoms with Gasteiger partial charge >= 0.3 is 0 Å². The summed E-state index contributed by atoms with van der Waals surface area (Å²) in [6.45, 7) is 0. The van der Waals surface area contributed by atoms with Crippen LogP contribution >= 0.6 is 11.3 Å². The topological polar surface area (TPSA) is 3.24 Å². The van der Waals surface area contributed by atoms with E-state index in [0.717, 1.165) is 17.1 Å². The van der Waals surface area contributed by atoms with E-state index in [1.54, 1.807) is 0 Å². The van der Waals surface area contributed by atoms with Gasteiger partial charge in [-0.3, -0.25) is 0 Å². The molecule has 0 spiro atoms. The Kier molecular flexibility index (Phi) is 9.11. The van der Waals surface area contributed by atoms with Crippen molar-refractivity contribution in [3.63, 3.8) is 0 Å². The van der Waals surface area contributed by atoms with Gasteiger partial charge in [0, 0.05) is 37.2 Å². The molecule has 0 amide bonds. The quantitative estimate of drug-likeness (QED) is 0.144. The Labute approximate surface area is 387 Å². The van der Waals surface area contributed by atoms with Gasteiger partial charge in [0.15, 0.2) is 0 Å². The lowest BCUT2D eigenvalue weighted by Crippen LogP contribution is -2.09. The molecular weight excluding hydrogens is 815 g/mol. The standard InChI is InChI=1S/C64H41NS/c1-3-15-44(16-4-1)63-57-25-12-11-22-53(57)55-37-31-46(39-60(55)64(63)45-17-5-2-6-18-45)42-27-32-48(33-28-42)65(50-36-38-62-59(41-50)56-24-13-14-26-61(56)66-62)49-34-29-43(30-35-49)58-40-47-19-7-8-20-51(47)52-21-9-10-23-54(52)58/h1-41H. The average molecular weight is 856 g/mol. The summed E-state index contributed by atoms with van der Waals surface area (Å²) in [5, 5.41) is 12.7. The molecule has 0 aliphatic rings. The third-order valence-corrected chi connectivity index (χ3v) is 14.6. The van der Waals surface area contributed by atoms with Crippen LogP contribution < -0.4 is 4.90 Å². The van der Waals surface area contributed by atoms with Crippen LogP contribution in [0.1, 0.15) is 0 Å². The lowest BCUT2D eigenvalue weighted by atomic mass is 9.84. The van der Waals surface area contributed by atoms with Crippen LogP contribution in [0.5, 0.6) is 0 Å². The zero-order chi connectivity index (χ0) is 43.6. The fourth-order valence-electron chi connectivity index (χ4n) is 10.4. The minimum Gasteiger partial charge on any atom is -0.310 e. The predicted molar refractivity (Wildman–Crippen MR) is 286 cm³/mol. The number of rotatable bonds is 7. The van der Waals surface area contributed by atoms with E-state index < -0.39 is 0 Å². The number of thiophene rings is 1. The first-order chi connectivity index (χ1) is 32.7. The van der Waals surface area contributed by atoms with Crippen LogP contribution in [0.2, 0.25) is 0 Å². The van der Waals surface area contributed by atoms with E-state index in [1.807, 2.05) is 11.3 Å². The van der Waals surface area contributed by atoms with Crippen molar-refractivity contribution in [2.75, 3.05) is 4.90 Å². The van der Waals surface area contributed by atoms with Crippen LogP contribution in [0.25, 0.3) is 108 Å². The van der Waals surface area contributed by atoms with E-state index >= 15 is 0 Å². The number of anilines is 3. The molecule has 0 atom stereocenters. The monoisotopic (exact) mass is 855 g/mol. The molecule has 308 valence electrons.